The van der Waals surface area contributed by atoms with Crippen LogP contribution >= 0.6 is 0 Å². The zero-order chi connectivity index (χ0) is 20.6. The molecule has 1 aromatic carbocycles. The van der Waals surface area contributed by atoms with Crippen molar-refractivity contribution in [3.05, 3.63) is 35.9 Å². The van der Waals surface area contributed by atoms with E-state index >= 15 is 0 Å². The highest BCUT2D eigenvalue weighted by molar-refractivity contribution is 7.90. The summed E-state index contributed by atoms with van der Waals surface area (Å²) in [7, 11) is -3.49. The number of likely N-dealkylation sites (tertiary alicyclic amines) is 1. The molecule has 1 heterocycles. The molecule has 2 rings (SSSR count). The minimum atomic E-state index is -3.49. The van der Waals surface area contributed by atoms with Gasteiger partial charge in [0.1, 0.15) is 0 Å². The molecule has 1 aromatic rings. The normalized spacial score (nSPS) is 16.7. The number of benzene rings is 1. The molecule has 1 atom stereocenters. The van der Waals surface area contributed by atoms with Gasteiger partial charge in [-0.3, -0.25) is 9.59 Å². The summed E-state index contributed by atoms with van der Waals surface area (Å²) < 4.78 is 24.9. The van der Waals surface area contributed by atoms with Crippen LogP contribution in [-0.4, -0.2) is 49.1 Å². The summed E-state index contributed by atoms with van der Waals surface area (Å²) in [4.78, 5) is 25.4. The average molecular weight is 410 g/mol. The van der Waals surface area contributed by atoms with Crippen LogP contribution in [0.4, 0.5) is 0 Å². The first-order chi connectivity index (χ1) is 13.3. The Hall–Kier alpha value is -1.89. The van der Waals surface area contributed by atoms with Crippen LogP contribution in [0.5, 0.6) is 0 Å². The third-order valence-electron chi connectivity index (χ3n) is 5.39. The second-order valence-electron chi connectivity index (χ2n) is 7.73. The molecule has 0 aliphatic carbocycles. The molecule has 156 valence electrons. The van der Waals surface area contributed by atoms with E-state index in [0.29, 0.717) is 43.8 Å². The first-order valence-corrected chi connectivity index (χ1v) is 11.9. The highest BCUT2D eigenvalue weighted by Crippen LogP contribution is 2.25. The number of amides is 1. The van der Waals surface area contributed by atoms with Crippen molar-refractivity contribution >= 4 is 21.7 Å². The summed E-state index contributed by atoms with van der Waals surface area (Å²) in [6.07, 6.45) is 4.18. The predicted octanol–water partition coefficient (Wildman–Crippen LogP) is 3.12. The van der Waals surface area contributed by atoms with Crippen molar-refractivity contribution < 1.29 is 23.1 Å². The number of rotatable bonds is 10. The van der Waals surface area contributed by atoms with Crippen LogP contribution in [0.15, 0.2) is 30.3 Å². The number of nitrogens with zero attached hydrogens (tertiary/aromatic N) is 1. The van der Waals surface area contributed by atoms with Crippen LogP contribution in [0.1, 0.15) is 51.0 Å². The minimum absolute atomic E-state index is 0.129. The number of hydrogen-bond acceptors (Lipinski definition) is 4. The molecule has 1 amide bonds. The van der Waals surface area contributed by atoms with E-state index < -0.39 is 21.7 Å². The van der Waals surface area contributed by atoms with E-state index in [2.05, 4.69) is 0 Å². The molecule has 0 saturated carbocycles. The van der Waals surface area contributed by atoms with Crippen LogP contribution < -0.4 is 0 Å². The third kappa shape index (κ3) is 7.26. The molecule has 0 radical (unpaired) electrons. The maximum absolute atomic E-state index is 12.4. The molecule has 0 bridgehead atoms. The van der Waals surface area contributed by atoms with E-state index in [0.717, 1.165) is 19.3 Å². The number of carboxylic acid groups (broad SMARTS) is 1. The molecule has 0 unspecified atom stereocenters. The maximum Gasteiger partial charge on any atom is 0.307 e. The largest absolute Gasteiger partial charge is 0.481 e. The Balaban J connectivity index is 1.83. The van der Waals surface area contributed by atoms with Crippen molar-refractivity contribution in [2.24, 2.45) is 11.8 Å². The summed E-state index contributed by atoms with van der Waals surface area (Å²) >= 11 is 0. The summed E-state index contributed by atoms with van der Waals surface area (Å²) in [5.41, 5.74) is 0.677. The lowest BCUT2D eigenvalue weighted by atomic mass is 9.89. The van der Waals surface area contributed by atoms with Gasteiger partial charge in [0.2, 0.25) is 5.91 Å². The third-order valence-corrected chi connectivity index (χ3v) is 7.07. The van der Waals surface area contributed by atoms with Crippen LogP contribution in [0.25, 0.3) is 0 Å². The molecule has 1 N–H and O–H groups in total. The van der Waals surface area contributed by atoms with Gasteiger partial charge in [-0.1, -0.05) is 37.3 Å². The minimum Gasteiger partial charge on any atom is -0.481 e. The SMILES string of the molecule is CCCC(=O)N1CCC(CC[C@@H](CS(=O)(=O)Cc2ccccc2)C(=O)O)CC1. The first-order valence-electron chi connectivity index (χ1n) is 10.1. The highest BCUT2D eigenvalue weighted by Gasteiger charge is 2.28. The molecule has 6 nitrogen and oxygen atoms in total. The zero-order valence-corrected chi connectivity index (χ0v) is 17.4. The molecule has 0 spiro atoms. The molecule has 7 heteroatoms. The van der Waals surface area contributed by atoms with Gasteiger partial charge in [0, 0.05) is 19.5 Å². The number of carbonyl (C=O) groups is 2. The molecule has 1 aliphatic rings. The molecular formula is C21H31NO5S. The van der Waals surface area contributed by atoms with Crippen LogP contribution in [0, 0.1) is 11.8 Å². The van der Waals surface area contributed by atoms with Crippen molar-refractivity contribution in [1.29, 1.82) is 0 Å². The summed E-state index contributed by atoms with van der Waals surface area (Å²) in [5, 5.41) is 9.49. The number of sulfone groups is 1. The Kier molecular flexibility index (Phi) is 8.48. The zero-order valence-electron chi connectivity index (χ0n) is 16.5. The standard InChI is InChI=1S/C21H31NO5S/c1-2-6-20(23)22-13-11-17(12-14-22)9-10-19(21(24)25)16-28(26,27)15-18-7-4-3-5-8-18/h3-5,7-8,17,19H,2,6,9-16H2,1H3,(H,24,25)/t19-/m0/s1. The summed E-state index contributed by atoms with van der Waals surface area (Å²) in [6, 6.07) is 8.84. The van der Waals surface area contributed by atoms with Gasteiger partial charge in [0.05, 0.1) is 17.4 Å². The van der Waals surface area contributed by atoms with E-state index in [1.54, 1.807) is 24.3 Å². The fourth-order valence-electron chi connectivity index (χ4n) is 3.75. The van der Waals surface area contributed by atoms with Gasteiger partial charge in [0.25, 0.3) is 0 Å². The van der Waals surface area contributed by atoms with E-state index in [9.17, 15) is 23.1 Å². The van der Waals surface area contributed by atoms with Gasteiger partial charge in [0.15, 0.2) is 9.84 Å². The Bertz CT molecular complexity index is 739. The van der Waals surface area contributed by atoms with Crippen LogP contribution in [0.3, 0.4) is 0 Å². The first kappa shape index (κ1) is 22.4. The number of hydrogen-bond donors (Lipinski definition) is 1. The lowest BCUT2D eigenvalue weighted by Gasteiger charge is -2.32. The molecule has 0 aromatic heterocycles. The van der Waals surface area contributed by atoms with Gasteiger partial charge in [-0.15, -0.1) is 0 Å². The van der Waals surface area contributed by atoms with E-state index in [4.69, 9.17) is 0 Å². The van der Waals surface area contributed by atoms with E-state index in [1.165, 1.54) is 0 Å². The quantitative estimate of drug-likeness (QED) is 0.641. The predicted molar refractivity (Wildman–Crippen MR) is 109 cm³/mol. The van der Waals surface area contributed by atoms with Crippen molar-refractivity contribution in [3.63, 3.8) is 0 Å². The van der Waals surface area contributed by atoms with Crippen molar-refractivity contribution in [2.45, 2.75) is 51.2 Å². The molecular weight excluding hydrogens is 378 g/mol. The lowest BCUT2D eigenvalue weighted by molar-refractivity contribution is -0.141. The lowest BCUT2D eigenvalue weighted by Crippen LogP contribution is -2.38. The number of carboxylic acids is 1. The molecule has 1 saturated heterocycles. The summed E-state index contributed by atoms with van der Waals surface area (Å²) in [5.74, 6) is -1.85. The fraction of sp³-hybridized carbons (Fsp3) is 0.619. The average Bonchev–Trinajstić information content (AvgIpc) is 2.66. The van der Waals surface area contributed by atoms with Crippen LogP contribution in [0.2, 0.25) is 0 Å². The van der Waals surface area contributed by atoms with Crippen molar-refractivity contribution in [2.75, 3.05) is 18.8 Å². The van der Waals surface area contributed by atoms with Gasteiger partial charge >= 0.3 is 5.97 Å². The van der Waals surface area contributed by atoms with Gasteiger partial charge < -0.3 is 10.0 Å². The Morgan fingerprint density at radius 2 is 1.82 bits per heavy atom. The number of aliphatic carboxylic acids is 1. The van der Waals surface area contributed by atoms with Gasteiger partial charge in [-0.05, 0) is 43.6 Å². The van der Waals surface area contributed by atoms with Crippen molar-refractivity contribution in [1.82, 2.24) is 4.90 Å². The smallest absolute Gasteiger partial charge is 0.307 e. The Morgan fingerprint density at radius 1 is 1.18 bits per heavy atom. The van der Waals surface area contributed by atoms with Gasteiger partial charge in [-0.25, -0.2) is 8.42 Å². The van der Waals surface area contributed by atoms with E-state index in [-0.39, 0.29) is 17.4 Å². The van der Waals surface area contributed by atoms with Crippen LogP contribution in [-0.2, 0) is 25.2 Å². The number of carbonyl (C=O) groups excluding carboxylic acids is 1. The maximum atomic E-state index is 12.4. The van der Waals surface area contributed by atoms with Crippen molar-refractivity contribution in [3.8, 4) is 0 Å². The van der Waals surface area contributed by atoms with E-state index in [1.807, 2.05) is 17.9 Å². The van der Waals surface area contributed by atoms with Gasteiger partial charge in [-0.2, -0.15) is 0 Å². The topological polar surface area (TPSA) is 91.8 Å². The second-order valence-corrected chi connectivity index (χ2v) is 9.84. The summed E-state index contributed by atoms with van der Waals surface area (Å²) in [6.45, 7) is 3.42. The Labute approximate surface area is 167 Å². The number of piperidine rings is 1. The molecule has 1 fully saturated rings. The Morgan fingerprint density at radius 3 is 2.39 bits per heavy atom. The highest BCUT2D eigenvalue weighted by atomic mass is 32.2. The molecule has 28 heavy (non-hydrogen) atoms. The fourth-order valence-corrected chi connectivity index (χ4v) is 5.49. The second kappa shape index (κ2) is 10.6. The monoisotopic (exact) mass is 409 g/mol. The molecule has 1 aliphatic heterocycles.